The molecule has 2 heterocycles. The summed E-state index contributed by atoms with van der Waals surface area (Å²) in [5, 5.41) is 2.78. The number of hydrogen-bond donors (Lipinski definition) is 1. The second-order valence-corrected chi connectivity index (χ2v) is 4.74. The summed E-state index contributed by atoms with van der Waals surface area (Å²) in [5.74, 6) is 0.000243. The van der Waals surface area contributed by atoms with Gasteiger partial charge in [0, 0.05) is 38.9 Å². The first-order chi connectivity index (χ1) is 9.70. The monoisotopic (exact) mass is 276 g/mol. The zero-order chi connectivity index (χ0) is 14.4. The molecule has 0 radical (unpaired) electrons. The van der Waals surface area contributed by atoms with Crippen molar-refractivity contribution in [1.82, 2.24) is 20.1 Å². The van der Waals surface area contributed by atoms with E-state index in [9.17, 15) is 9.59 Å². The topological polar surface area (TPSA) is 65.5 Å². The molecule has 0 spiro atoms. The minimum atomic E-state index is -0.0386. The number of carbonyl (C=O) groups is 2. The minimum absolute atomic E-state index is 0.0386. The van der Waals surface area contributed by atoms with E-state index in [4.69, 9.17) is 0 Å². The lowest BCUT2D eigenvalue weighted by molar-refractivity contribution is -0.122. The molecule has 0 unspecified atom stereocenters. The Bertz CT molecular complexity index is 456. The summed E-state index contributed by atoms with van der Waals surface area (Å²) in [7, 11) is 0. The molecule has 1 aromatic heterocycles. The van der Waals surface area contributed by atoms with Crippen molar-refractivity contribution in [3.8, 4) is 0 Å². The van der Waals surface area contributed by atoms with Gasteiger partial charge in [-0.3, -0.25) is 19.5 Å². The Hall–Kier alpha value is -1.95. The van der Waals surface area contributed by atoms with E-state index < -0.39 is 0 Å². The third kappa shape index (κ3) is 3.77. The second-order valence-electron chi connectivity index (χ2n) is 4.74. The highest BCUT2D eigenvalue weighted by Crippen LogP contribution is 2.06. The van der Waals surface area contributed by atoms with E-state index in [0.29, 0.717) is 31.9 Å². The van der Waals surface area contributed by atoms with Crippen LogP contribution in [0, 0.1) is 0 Å². The SMILES string of the molecule is CCNC(=O)CN1CCN(C(=O)c2ccccn2)CC1. The van der Waals surface area contributed by atoms with Crippen molar-refractivity contribution >= 4 is 11.8 Å². The molecule has 108 valence electrons. The number of amides is 2. The third-order valence-corrected chi connectivity index (χ3v) is 3.28. The normalized spacial score (nSPS) is 15.9. The fourth-order valence-corrected chi connectivity index (χ4v) is 2.22. The Labute approximate surface area is 118 Å². The summed E-state index contributed by atoms with van der Waals surface area (Å²) in [4.78, 5) is 31.6. The summed E-state index contributed by atoms with van der Waals surface area (Å²) in [6.07, 6.45) is 1.62. The average molecular weight is 276 g/mol. The zero-order valence-electron chi connectivity index (χ0n) is 11.7. The van der Waals surface area contributed by atoms with Gasteiger partial charge in [0.05, 0.1) is 6.54 Å². The maximum absolute atomic E-state index is 12.2. The number of carbonyl (C=O) groups excluding carboxylic acids is 2. The number of nitrogens with zero attached hydrogens (tertiary/aromatic N) is 3. The van der Waals surface area contributed by atoms with Crippen LogP contribution >= 0.6 is 0 Å². The van der Waals surface area contributed by atoms with Crippen LogP contribution in [0.5, 0.6) is 0 Å². The third-order valence-electron chi connectivity index (χ3n) is 3.28. The molecular formula is C14H20N4O2. The summed E-state index contributed by atoms with van der Waals surface area (Å²) >= 11 is 0. The molecule has 2 amide bonds. The highest BCUT2D eigenvalue weighted by atomic mass is 16.2. The molecule has 2 rings (SSSR count). The lowest BCUT2D eigenvalue weighted by atomic mass is 10.2. The predicted octanol–water partition coefficient (Wildman–Crippen LogP) is -0.0245. The fraction of sp³-hybridized carbons (Fsp3) is 0.500. The van der Waals surface area contributed by atoms with Gasteiger partial charge in [-0.25, -0.2) is 0 Å². The van der Waals surface area contributed by atoms with E-state index in [0.717, 1.165) is 13.1 Å². The van der Waals surface area contributed by atoms with Crippen molar-refractivity contribution in [2.75, 3.05) is 39.3 Å². The van der Waals surface area contributed by atoms with Gasteiger partial charge in [0.15, 0.2) is 0 Å². The summed E-state index contributed by atoms with van der Waals surface area (Å²) in [6, 6.07) is 5.33. The van der Waals surface area contributed by atoms with E-state index in [1.54, 1.807) is 23.2 Å². The van der Waals surface area contributed by atoms with Crippen molar-refractivity contribution in [2.45, 2.75) is 6.92 Å². The Morgan fingerprint density at radius 2 is 2.00 bits per heavy atom. The molecule has 0 aliphatic carbocycles. The van der Waals surface area contributed by atoms with E-state index in [2.05, 4.69) is 15.2 Å². The van der Waals surface area contributed by atoms with Crippen LogP contribution in [-0.2, 0) is 4.79 Å². The first-order valence-electron chi connectivity index (χ1n) is 6.90. The number of piperazine rings is 1. The Balaban J connectivity index is 1.82. The lowest BCUT2D eigenvalue weighted by Gasteiger charge is -2.34. The van der Waals surface area contributed by atoms with E-state index in [1.807, 2.05) is 13.0 Å². The standard InChI is InChI=1S/C14H20N4O2/c1-2-15-13(19)11-17-7-9-18(10-8-17)14(20)12-5-3-4-6-16-12/h3-6H,2,7-11H2,1H3,(H,15,19). The molecule has 1 aromatic rings. The number of likely N-dealkylation sites (N-methyl/N-ethyl adjacent to an activating group) is 1. The van der Waals surface area contributed by atoms with Crippen molar-refractivity contribution in [3.05, 3.63) is 30.1 Å². The van der Waals surface area contributed by atoms with Crippen LogP contribution in [-0.4, -0.2) is 65.9 Å². The molecule has 6 heteroatoms. The molecule has 0 aromatic carbocycles. The Morgan fingerprint density at radius 1 is 1.25 bits per heavy atom. The molecule has 6 nitrogen and oxygen atoms in total. The first kappa shape index (κ1) is 14.5. The molecule has 1 fully saturated rings. The molecule has 1 saturated heterocycles. The molecule has 1 aliphatic rings. The highest BCUT2D eigenvalue weighted by Gasteiger charge is 2.23. The van der Waals surface area contributed by atoms with E-state index >= 15 is 0 Å². The quantitative estimate of drug-likeness (QED) is 0.839. The van der Waals surface area contributed by atoms with Gasteiger partial charge < -0.3 is 10.2 Å². The second kappa shape index (κ2) is 7.00. The first-order valence-corrected chi connectivity index (χ1v) is 6.90. The number of rotatable bonds is 4. The number of aromatic nitrogens is 1. The number of pyridine rings is 1. The minimum Gasteiger partial charge on any atom is -0.355 e. The van der Waals surface area contributed by atoms with Gasteiger partial charge >= 0.3 is 0 Å². The van der Waals surface area contributed by atoms with Crippen molar-refractivity contribution in [1.29, 1.82) is 0 Å². The average Bonchev–Trinajstić information content (AvgIpc) is 2.48. The fourth-order valence-electron chi connectivity index (χ4n) is 2.22. The summed E-state index contributed by atoms with van der Waals surface area (Å²) in [6.45, 7) is 5.66. The maximum atomic E-state index is 12.2. The summed E-state index contributed by atoms with van der Waals surface area (Å²) < 4.78 is 0. The molecule has 1 aliphatic heterocycles. The van der Waals surface area contributed by atoms with Crippen LogP contribution in [0.2, 0.25) is 0 Å². The number of nitrogens with one attached hydrogen (secondary N) is 1. The largest absolute Gasteiger partial charge is 0.355 e. The van der Waals surface area contributed by atoms with Crippen LogP contribution in [0.1, 0.15) is 17.4 Å². The molecule has 0 saturated carbocycles. The van der Waals surface area contributed by atoms with Crippen LogP contribution in [0.25, 0.3) is 0 Å². The lowest BCUT2D eigenvalue weighted by Crippen LogP contribution is -2.51. The van der Waals surface area contributed by atoms with Crippen molar-refractivity contribution in [3.63, 3.8) is 0 Å². The molecular weight excluding hydrogens is 256 g/mol. The van der Waals surface area contributed by atoms with E-state index in [1.165, 1.54) is 0 Å². The highest BCUT2D eigenvalue weighted by molar-refractivity contribution is 5.92. The van der Waals surface area contributed by atoms with Crippen LogP contribution in [0.4, 0.5) is 0 Å². The van der Waals surface area contributed by atoms with Crippen LogP contribution in [0.3, 0.4) is 0 Å². The van der Waals surface area contributed by atoms with Gasteiger partial charge in [-0.15, -0.1) is 0 Å². The van der Waals surface area contributed by atoms with Crippen LogP contribution < -0.4 is 5.32 Å². The maximum Gasteiger partial charge on any atom is 0.272 e. The number of hydrogen-bond acceptors (Lipinski definition) is 4. The summed E-state index contributed by atoms with van der Waals surface area (Å²) in [5.41, 5.74) is 0.477. The smallest absolute Gasteiger partial charge is 0.272 e. The molecule has 0 atom stereocenters. The van der Waals surface area contributed by atoms with Gasteiger partial charge in [0.25, 0.3) is 5.91 Å². The van der Waals surface area contributed by atoms with Crippen molar-refractivity contribution in [2.24, 2.45) is 0 Å². The molecule has 20 heavy (non-hydrogen) atoms. The van der Waals surface area contributed by atoms with Crippen molar-refractivity contribution < 1.29 is 9.59 Å². The van der Waals surface area contributed by atoms with Gasteiger partial charge in [-0.05, 0) is 19.1 Å². The van der Waals surface area contributed by atoms with Gasteiger partial charge in [-0.1, -0.05) is 6.07 Å². The van der Waals surface area contributed by atoms with E-state index in [-0.39, 0.29) is 11.8 Å². The predicted molar refractivity (Wildman–Crippen MR) is 75.3 cm³/mol. The Kier molecular flexibility index (Phi) is 5.06. The molecule has 1 N–H and O–H groups in total. The van der Waals surface area contributed by atoms with Gasteiger partial charge in [-0.2, -0.15) is 0 Å². The molecule has 0 bridgehead atoms. The Morgan fingerprint density at radius 3 is 2.60 bits per heavy atom. The van der Waals surface area contributed by atoms with Gasteiger partial charge in [0.1, 0.15) is 5.69 Å². The van der Waals surface area contributed by atoms with Crippen LogP contribution in [0.15, 0.2) is 24.4 Å². The zero-order valence-corrected chi connectivity index (χ0v) is 11.7. The van der Waals surface area contributed by atoms with Gasteiger partial charge in [0.2, 0.25) is 5.91 Å².